The number of anilines is 1. The summed E-state index contributed by atoms with van der Waals surface area (Å²) in [4.78, 5) is 34.6. The number of carbonyl (C=O) groups is 2. The Morgan fingerprint density at radius 1 is 0.974 bits per heavy atom. The van der Waals surface area contributed by atoms with Crippen LogP contribution >= 0.6 is 0 Å². The molecule has 1 aromatic heterocycles. The van der Waals surface area contributed by atoms with Gasteiger partial charge in [0.2, 0.25) is 5.91 Å². The number of aliphatic imine (C=N–C) groups is 1. The maximum Gasteiger partial charge on any atom is 0.255 e. The molecule has 0 saturated heterocycles. The number of guanidine groups is 1. The maximum absolute atomic E-state index is 13.0. The summed E-state index contributed by atoms with van der Waals surface area (Å²) in [6, 6.07) is 18.8. The second-order valence-corrected chi connectivity index (χ2v) is 8.79. The minimum absolute atomic E-state index is 0.0174. The molecule has 0 radical (unpaired) electrons. The predicted octanol–water partition coefficient (Wildman–Crippen LogP) is 3.05. The van der Waals surface area contributed by atoms with Gasteiger partial charge in [0, 0.05) is 23.4 Å². The van der Waals surface area contributed by atoms with E-state index < -0.39 is 11.9 Å². The minimum Gasteiger partial charge on any atom is -0.497 e. The minimum atomic E-state index is -0.732. The lowest BCUT2D eigenvalue weighted by atomic mass is 10.1. The van der Waals surface area contributed by atoms with Gasteiger partial charge in [-0.2, -0.15) is 0 Å². The van der Waals surface area contributed by atoms with Crippen molar-refractivity contribution in [3.8, 4) is 22.9 Å². The molecule has 0 saturated carbocycles. The van der Waals surface area contributed by atoms with Gasteiger partial charge in [-0.15, -0.1) is 0 Å². The van der Waals surface area contributed by atoms with Crippen molar-refractivity contribution in [1.82, 2.24) is 9.55 Å². The largest absolute Gasteiger partial charge is 0.497 e. The van der Waals surface area contributed by atoms with Crippen LogP contribution in [0.5, 0.6) is 11.5 Å². The summed E-state index contributed by atoms with van der Waals surface area (Å²) < 4.78 is 12.4. The number of hydrogen-bond acceptors (Lipinski definition) is 6. The first-order valence-electron chi connectivity index (χ1n) is 12.3. The van der Waals surface area contributed by atoms with Crippen molar-refractivity contribution in [2.75, 3.05) is 26.1 Å². The van der Waals surface area contributed by atoms with Gasteiger partial charge >= 0.3 is 0 Å². The highest BCUT2D eigenvalue weighted by atomic mass is 16.5. The molecule has 2 amide bonds. The zero-order valence-electron chi connectivity index (χ0n) is 21.8. The second-order valence-electron chi connectivity index (χ2n) is 8.79. The summed E-state index contributed by atoms with van der Waals surface area (Å²) in [5.74, 6) is 0.993. The van der Waals surface area contributed by atoms with Crippen LogP contribution in [0.3, 0.4) is 0 Å². The van der Waals surface area contributed by atoms with E-state index in [1.807, 2.05) is 24.3 Å². The Bertz CT molecular complexity index is 1510. The molecule has 4 rings (SSSR count). The van der Waals surface area contributed by atoms with E-state index >= 15 is 0 Å². The third kappa shape index (κ3) is 6.27. The molecule has 0 aliphatic carbocycles. The third-order valence-corrected chi connectivity index (χ3v) is 6.20. The van der Waals surface area contributed by atoms with E-state index in [1.165, 1.54) is 0 Å². The fraction of sp³-hybridized carbons (Fsp3) is 0.214. The first-order valence-corrected chi connectivity index (χ1v) is 12.3. The smallest absolute Gasteiger partial charge is 0.255 e. The number of imidazole rings is 1. The molecule has 11 nitrogen and oxygen atoms in total. The van der Waals surface area contributed by atoms with Gasteiger partial charge in [-0.25, -0.2) is 4.98 Å². The van der Waals surface area contributed by atoms with Gasteiger partial charge in [-0.05, 0) is 67.4 Å². The quantitative estimate of drug-likeness (QED) is 0.131. The van der Waals surface area contributed by atoms with Crippen molar-refractivity contribution in [3.63, 3.8) is 0 Å². The Morgan fingerprint density at radius 2 is 1.72 bits per heavy atom. The standard InChI is InChI=1S/C28H31N7O4/c1-38-20-11-9-19(10-12-20)33-27(37)18-8-13-23-22(16-18)34-26(17-5-3-6-21(15-17)39-2)35(23)24(25(29)36)7-4-14-32-28(30)31/h3,5-6,8-13,15-16,24H,4,7,14H2,1-2H3,(H2,29,36)(H,33,37)(H4,30,31,32). The molecule has 1 atom stereocenters. The van der Waals surface area contributed by atoms with Crippen molar-refractivity contribution >= 4 is 34.5 Å². The molecule has 0 aliphatic rings. The van der Waals surface area contributed by atoms with Gasteiger partial charge in [-0.3, -0.25) is 14.6 Å². The van der Waals surface area contributed by atoms with Crippen LogP contribution in [-0.2, 0) is 4.79 Å². The van der Waals surface area contributed by atoms with Crippen LogP contribution in [0.1, 0.15) is 29.2 Å². The van der Waals surface area contributed by atoms with Crippen LogP contribution in [0.2, 0.25) is 0 Å². The monoisotopic (exact) mass is 529 g/mol. The van der Waals surface area contributed by atoms with E-state index in [4.69, 9.17) is 31.7 Å². The van der Waals surface area contributed by atoms with Gasteiger partial charge in [0.1, 0.15) is 23.4 Å². The number of ether oxygens (including phenoxy) is 2. The summed E-state index contributed by atoms with van der Waals surface area (Å²) in [5.41, 5.74) is 19.7. The number of nitrogens with two attached hydrogens (primary N) is 3. The fourth-order valence-corrected chi connectivity index (χ4v) is 4.29. The molecule has 39 heavy (non-hydrogen) atoms. The number of rotatable bonds is 11. The number of methoxy groups -OCH3 is 2. The van der Waals surface area contributed by atoms with E-state index in [9.17, 15) is 9.59 Å². The number of carbonyl (C=O) groups excluding carboxylic acids is 2. The molecule has 202 valence electrons. The number of primary amides is 1. The Hall–Kier alpha value is -5.06. The molecule has 3 aromatic carbocycles. The highest BCUT2D eigenvalue weighted by molar-refractivity contribution is 6.06. The lowest BCUT2D eigenvalue weighted by Gasteiger charge is -2.19. The van der Waals surface area contributed by atoms with Crippen molar-refractivity contribution in [3.05, 3.63) is 72.3 Å². The number of benzene rings is 3. The second kappa shape index (κ2) is 12.0. The number of nitrogens with zero attached hydrogens (tertiary/aromatic N) is 3. The number of nitrogens with one attached hydrogen (secondary N) is 1. The van der Waals surface area contributed by atoms with Crippen LogP contribution in [0, 0.1) is 0 Å². The molecule has 0 bridgehead atoms. The number of aromatic nitrogens is 2. The molecular weight excluding hydrogens is 498 g/mol. The van der Waals surface area contributed by atoms with Crippen molar-refractivity contribution < 1.29 is 19.1 Å². The first kappa shape index (κ1) is 27.0. The molecule has 7 N–H and O–H groups in total. The maximum atomic E-state index is 13.0. The summed E-state index contributed by atoms with van der Waals surface area (Å²) in [7, 11) is 3.15. The lowest BCUT2D eigenvalue weighted by molar-refractivity contribution is -0.121. The molecule has 1 unspecified atom stereocenters. The normalized spacial score (nSPS) is 11.5. The van der Waals surface area contributed by atoms with Crippen LogP contribution in [0.4, 0.5) is 5.69 Å². The summed E-state index contributed by atoms with van der Waals surface area (Å²) >= 11 is 0. The number of fused-ring (bicyclic) bond motifs is 1. The molecule has 4 aromatic rings. The van der Waals surface area contributed by atoms with Crippen LogP contribution in [0.25, 0.3) is 22.4 Å². The van der Waals surface area contributed by atoms with Crippen molar-refractivity contribution in [1.29, 1.82) is 0 Å². The molecule has 0 spiro atoms. The molecule has 1 heterocycles. The molecular formula is C28H31N7O4. The summed E-state index contributed by atoms with van der Waals surface area (Å²) in [6.07, 6.45) is 0.902. The average Bonchev–Trinajstić information content (AvgIpc) is 3.31. The van der Waals surface area contributed by atoms with Crippen molar-refractivity contribution in [2.24, 2.45) is 22.2 Å². The Labute approximate surface area is 225 Å². The third-order valence-electron chi connectivity index (χ3n) is 6.20. The SMILES string of the molecule is COc1ccc(NC(=O)c2ccc3c(c2)nc(-c2cccc(OC)c2)n3C(CCCN=C(N)N)C(N)=O)cc1. The van der Waals surface area contributed by atoms with Gasteiger partial charge in [0.25, 0.3) is 5.91 Å². The fourth-order valence-electron chi connectivity index (χ4n) is 4.29. The van der Waals surface area contributed by atoms with Gasteiger partial charge in [-0.1, -0.05) is 12.1 Å². The Kier molecular flexibility index (Phi) is 8.30. The number of hydrogen-bond donors (Lipinski definition) is 4. The zero-order chi connectivity index (χ0) is 27.9. The van der Waals surface area contributed by atoms with Crippen LogP contribution < -0.4 is 32.0 Å². The summed E-state index contributed by atoms with van der Waals surface area (Å²) in [6.45, 7) is 0.350. The summed E-state index contributed by atoms with van der Waals surface area (Å²) in [5, 5.41) is 2.87. The lowest BCUT2D eigenvalue weighted by Crippen LogP contribution is -2.27. The van der Waals surface area contributed by atoms with Gasteiger partial charge < -0.3 is 36.6 Å². The van der Waals surface area contributed by atoms with Crippen LogP contribution in [-0.4, -0.2) is 48.1 Å². The van der Waals surface area contributed by atoms with E-state index in [0.717, 1.165) is 5.56 Å². The van der Waals surface area contributed by atoms with E-state index in [1.54, 1.807) is 61.3 Å². The van der Waals surface area contributed by atoms with Gasteiger partial charge in [0.15, 0.2) is 5.96 Å². The highest BCUT2D eigenvalue weighted by Gasteiger charge is 2.25. The average molecular weight is 530 g/mol. The molecule has 0 fully saturated rings. The number of amides is 2. The zero-order valence-corrected chi connectivity index (χ0v) is 21.8. The Balaban J connectivity index is 1.75. The van der Waals surface area contributed by atoms with Gasteiger partial charge in [0.05, 0.1) is 25.3 Å². The van der Waals surface area contributed by atoms with E-state index in [0.29, 0.717) is 59.0 Å². The first-order chi connectivity index (χ1) is 18.8. The predicted molar refractivity (Wildman–Crippen MR) is 151 cm³/mol. The van der Waals surface area contributed by atoms with Crippen LogP contribution in [0.15, 0.2) is 71.7 Å². The van der Waals surface area contributed by atoms with E-state index in [2.05, 4.69) is 10.3 Å². The topological polar surface area (TPSA) is 173 Å². The Morgan fingerprint density at radius 3 is 2.38 bits per heavy atom. The highest BCUT2D eigenvalue weighted by Crippen LogP contribution is 2.32. The molecule has 11 heteroatoms. The molecule has 0 aliphatic heterocycles. The van der Waals surface area contributed by atoms with E-state index in [-0.39, 0.29) is 11.9 Å². The van der Waals surface area contributed by atoms with Crippen molar-refractivity contribution in [2.45, 2.75) is 18.9 Å².